The molecule has 20 heavy (non-hydrogen) atoms. The minimum absolute atomic E-state index is 0.0830. The van der Waals surface area contributed by atoms with E-state index in [1.165, 1.54) is 7.05 Å². The molecule has 0 radical (unpaired) electrons. The lowest BCUT2D eigenvalue weighted by molar-refractivity contribution is -0.137. The highest BCUT2D eigenvalue weighted by Crippen LogP contribution is 2.31. The summed E-state index contributed by atoms with van der Waals surface area (Å²) in [7, 11) is 1.49. The topological polar surface area (TPSA) is 66.0 Å². The molecule has 3 N–H and O–H groups in total. The van der Waals surface area contributed by atoms with Crippen LogP contribution < -0.4 is 16.0 Å². The molecule has 0 bridgehead atoms. The predicted molar refractivity (Wildman–Crippen MR) is 70.6 cm³/mol. The first-order valence-corrected chi connectivity index (χ1v) is 6.14. The van der Waals surface area contributed by atoms with Crippen molar-refractivity contribution < 1.29 is 18.0 Å². The van der Waals surface area contributed by atoms with E-state index in [0.717, 1.165) is 12.1 Å². The Balaban J connectivity index is 2.83. The highest BCUT2D eigenvalue weighted by atomic mass is 19.4. The number of carbonyl (C=O) groups is 1. The van der Waals surface area contributed by atoms with Gasteiger partial charge in [0, 0.05) is 26.6 Å². The molecular formula is C12H17F3N4O. The fourth-order valence-corrected chi connectivity index (χ4v) is 1.49. The van der Waals surface area contributed by atoms with E-state index in [-0.39, 0.29) is 30.5 Å². The minimum atomic E-state index is -4.44. The van der Waals surface area contributed by atoms with Crippen LogP contribution in [-0.2, 0) is 11.0 Å². The van der Waals surface area contributed by atoms with Crippen LogP contribution in [0.5, 0.6) is 0 Å². The highest BCUT2D eigenvalue weighted by molar-refractivity contribution is 5.76. The predicted octanol–water partition coefficient (Wildman–Crippen LogP) is 2.08. The number of hydrogen-bond donors (Lipinski definition) is 3. The zero-order valence-corrected chi connectivity index (χ0v) is 11.3. The third-order valence-electron chi connectivity index (χ3n) is 2.45. The van der Waals surface area contributed by atoms with E-state index in [2.05, 4.69) is 20.9 Å². The van der Waals surface area contributed by atoms with Gasteiger partial charge in [0.2, 0.25) is 5.91 Å². The first-order chi connectivity index (χ1) is 9.36. The van der Waals surface area contributed by atoms with Crippen LogP contribution in [0.25, 0.3) is 0 Å². The Morgan fingerprint density at radius 2 is 1.85 bits per heavy atom. The van der Waals surface area contributed by atoms with Crippen molar-refractivity contribution in [2.75, 3.05) is 30.8 Å². The van der Waals surface area contributed by atoms with Crippen molar-refractivity contribution in [3.05, 3.63) is 17.7 Å². The van der Waals surface area contributed by atoms with E-state index in [9.17, 15) is 18.0 Å². The summed E-state index contributed by atoms with van der Waals surface area (Å²) in [6, 6.07) is 1.87. The van der Waals surface area contributed by atoms with Crippen molar-refractivity contribution in [3.8, 4) is 0 Å². The van der Waals surface area contributed by atoms with Gasteiger partial charge in [-0.1, -0.05) is 0 Å². The van der Waals surface area contributed by atoms with Crippen LogP contribution in [0.1, 0.15) is 18.9 Å². The zero-order chi connectivity index (χ0) is 15.2. The molecule has 0 aliphatic heterocycles. The van der Waals surface area contributed by atoms with Crippen LogP contribution in [0.15, 0.2) is 12.1 Å². The first kappa shape index (κ1) is 16.1. The molecule has 0 aromatic carbocycles. The Bertz CT molecular complexity index is 463. The zero-order valence-electron chi connectivity index (χ0n) is 11.3. The van der Waals surface area contributed by atoms with Gasteiger partial charge < -0.3 is 16.0 Å². The lowest BCUT2D eigenvalue weighted by atomic mass is 10.2. The average Bonchev–Trinajstić information content (AvgIpc) is 2.37. The molecule has 1 amide bonds. The molecule has 1 heterocycles. The molecular weight excluding hydrogens is 273 g/mol. The van der Waals surface area contributed by atoms with Gasteiger partial charge in [0.05, 0.1) is 5.56 Å². The molecule has 0 saturated carbocycles. The largest absolute Gasteiger partial charge is 0.416 e. The maximum Gasteiger partial charge on any atom is 0.416 e. The lowest BCUT2D eigenvalue weighted by Gasteiger charge is -2.13. The van der Waals surface area contributed by atoms with Crippen molar-refractivity contribution >= 4 is 17.5 Å². The van der Waals surface area contributed by atoms with E-state index in [0.29, 0.717) is 6.54 Å². The molecule has 5 nitrogen and oxygen atoms in total. The van der Waals surface area contributed by atoms with Gasteiger partial charge >= 0.3 is 6.18 Å². The van der Waals surface area contributed by atoms with Gasteiger partial charge in [0.25, 0.3) is 0 Å². The standard InChI is InChI=1S/C12H17F3N4O/c1-3-17-9-6-8(12(13,14)15)7-10(19-9)18-5-4-11(20)16-2/h6-7H,3-5H2,1-2H3,(H,16,20)(H2,17,18,19). The van der Waals surface area contributed by atoms with Gasteiger partial charge in [-0.05, 0) is 19.1 Å². The van der Waals surface area contributed by atoms with Gasteiger partial charge in [0.1, 0.15) is 11.6 Å². The SMILES string of the molecule is CCNc1cc(C(F)(F)F)cc(NCCC(=O)NC)n1. The summed E-state index contributed by atoms with van der Waals surface area (Å²) in [6.45, 7) is 2.44. The Morgan fingerprint density at radius 1 is 1.25 bits per heavy atom. The molecule has 0 saturated heterocycles. The molecule has 1 aromatic rings. The fourth-order valence-electron chi connectivity index (χ4n) is 1.49. The second-order valence-corrected chi connectivity index (χ2v) is 4.00. The number of carbonyl (C=O) groups excluding carboxylic acids is 1. The normalized spacial score (nSPS) is 11.1. The summed E-state index contributed by atoms with van der Waals surface area (Å²) in [5, 5.41) is 7.88. The molecule has 0 spiro atoms. The summed E-state index contributed by atoms with van der Waals surface area (Å²) in [5.41, 5.74) is -0.786. The maximum absolute atomic E-state index is 12.7. The Labute approximate surface area is 115 Å². The van der Waals surface area contributed by atoms with Gasteiger partial charge in [-0.3, -0.25) is 4.79 Å². The van der Waals surface area contributed by atoms with Gasteiger partial charge in [-0.15, -0.1) is 0 Å². The number of alkyl halides is 3. The van der Waals surface area contributed by atoms with Crippen molar-refractivity contribution in [3.63, 3.8) is 0 Å². The number of hydrogen-bond acceptors (Lipinski definition) is 4. The number of amides is 1. The number of aromatic nitrogens is 1. The van der Waals surface area contributed by atoms with Crippen LogP contribution >= 0.6 is 0 Å². The van der Waals surface area contributed by atoms with Gasteiger partial charge in [0.15, 0.2) is 0 Å². The third-order valence-corrected chi connectivity index (χ3v) is 2.45. The molecule has 0 aliphatic carbocycles. The smallest absolute Gasteiger partial charge is 0.370 e. The van der Waals surface area contributed by atoms with E-state index in [1.807, 2.05) is 0 Å². The molecule has 1 aromatic heterocycles. The molecule has 0 aliphatic rings. The summed E-state index contributed by atoms with van der Waals surface area (Å²) in [4.78, 5) is 15.0. The monoisotopic (exact) mass is 290 g/mol. The molecule has 1 rings (SSSR count). The van der Waals surface area contributed by atoms with Crippen LogP contribution in [0.3, 0.4) is 0 Å². The number of rotatable bonds is 6. The molecule has 0 atom stereocenters. The van der Waals surface area contributed by atoms with Crippen LogP contribution in [0, 0.1) is 0 Å². The summed E-state index contributed by atoms with van der Waals surface area (Å²) >= 11 is 0. The van der Waals surface area contributed by atoms with E-state index >= 15 is 0 Å². The first-order valence-electron chi connectivity index (χ1n) is 6.14. The van der Waals surface area contributed by atoms with Crippen molar-refractivity contribution in [2.24, 2.45) is 0 Å². The quantitative estimate of drug-likeness (QED) is 0.750. The lowest BCUT2D eigenvalue weighted by Crippen LogP contribution is -2.21. The average molecular weight is 290 g/mol. The van der Waals surface area contributed by atoms with E-state index in [4.69, 9.17) is 0 Å². The number of halogens is 3. The molecule has 0 fully saturated rings. The Kier molecular flexibility index (Phi) is 5.60. The molecule has 112 valence electrons. The third kappa shape index (κ3) is 4.94. The van der Waals surface area contributed by atoms with E-state index in [1.54, 1.807) is 6.92 Å². The number of nitrogens with zero attached hydrogens (tertiary/aromatic N) is 1. The van der Waals surface area contributed by atoms with Crippen molar-refractivity contribution in [2.45, 2.75) is 19.5 Å². The molecule has 8 heteroatoms. The fraction of sp³-hybridized carbons (Fsp3) is 0.500. The number of anilines is 2. The van der Waals surface area contributed by atoms with Gasteiger partial charge in [-0.2, -0.15) is 13.2 Å². The highest BCUT2D eigenvalue weighted by Gasteiger charge is 2.31. The number of nitrogens with one attached hydrogen (secondary N) is 3. The Morgan fingerprint density at radius 3 is 2.35 bits per heavy atom. The number of pyridine rings is 1. The van der Waals surface area contributed by atoms with Crippen LogP contribution in [-0.4, -0.2) is 31.0 Å². The van der Waals surface area contributed by atoms with Crippen LogP contribution in [0.4, 0.5) is 24.8 Å². The van der Waals surface area contributed by atoms with E-state index < -0.39 is 11.7 Å². The second-order valence-electron chi connectivity index (χ2n) is 4.00. The summed E-state index contributed by atoms with van der Waals surface area (Å²) in [5.74, 6) is 0.0285. The Hall–Kier alpha value is -1.99. The molecule has 0 unspecified atom stereocenters. The second kappa shape index (κ2) is 6.97. The maximum atomic E-state index is 12.7. The van der Waals surface area contributed by atoms with Crippen LogP contribution in [0.2, 0.25) is 0 Å². The van der Waals surface area contributed by atoms with Gasteiger partial charge in [-0.25, -0.2) is 4.98 Å². The van der Waals surface area contributed by atoms with Crippen molar-refractivity contribution in [1.82, 2.24) is 10.3 Å². The minimum Gasteiger partial charge on any atom is -0.370 e. The van der Waals surface area contributed by atoms with Crippen molar-refractivity contribution in [1.29, 1.82) is 0 Å². The summed E-state index contributed by atoms with van der Waals surface area (Å²) < 4.78 is 38.2. The summed E-state index contributed by atoms with van der Waals surface area (Å²) in [6.07, 6.45) is -4.28.